The topological polar surface area (TPSA) is 50.9 Å². The Morgan fingerprint density at radius 2 is 2.13 bits per heavy atom. The first-order valence-corrected chi connectivity index (χ1v) is 5.66. The lowest BCUT2D eigenvalue weighted by Crippen LogP contribution is -2.11. The molecule has 1 saturated carbocycles. The highest BCUT2D eigenvalue weighted by molar-refractivity contribution is 5.11. The summed E-state index contributed by atoms with van der Waals surface area (Å²) in [7, 11) is 0. The number of aliphatic hydroxyl groups excluding tert-OH is 1. The Morgan fingerprint density at radius 3 is 2.60 bits per heavy atom. The molecule has 0 spiro atoms. The highest BCUT2D eigenvalue weighted by Crippen LogP contribution is 2.46. The van der Waals surface area contributed by atoms with E-state index in [1.165, 1.54) is 6.42 Å². The van der Waals surface area contributed by atoms with Crippen LogP contribution >= 0.6 is 0 Å². The van der Waals surface area contributed by atoms with E-state index in [-0.39, 0.29) is 6.61 Å². The predicted molar refractivity (Wildman–Crippen MR) is 57.3 cm³/mol. The van der Waals surface area contributed by atoms with Crippen molar-refractivity contribution in [2.75, 3.05) is 0 Å². The largest absolute Gasteiger partial charge is 0.388 e. The summed E-state index contributed by atoms with van der Waals surface area (Å²) in [6.45, 7) is 7.46. The van der Waals surface area contributed by atoms with E-state index in [2.05, 4.69) is 35.5 Å². The molecule has 1 aliphatic rings. The van der Waals surface area contributed by atoms with Crippen molar-refractivity contribution >= 4 is 0 Å². The zero-order valence-electron chi connectivity index (χ0n) is 9.64. The summed E-state index contributed by atoms with van der Waals surface area (Å²) in [5.41, 5.74) is 0. The fourth-order valence-corrected chi connectivity index (χ4v) is 1.99. The van der Waals surface area contributed by atoms with Gasteiger partial charge in [-0.05, 0) is 18.3 Å². The Bertz CT molecular complexity index is 346. The third-order valence-electron chi connectivity index (χ3n) is 2.99. The minimum Gasteiger partial charge on any atom is -0.388 e. The first-order valence-electron chi connectivity index (χ1n) is 5.66. The van der Waals surface area contributed by atoms with Gasteiger partial charge in [-0.1, -0.05) is 20.8 Å². The third-order valence-corrected chi connectivity index (χ3v) is 2.99. The molecule has 1 heterocycles. The van der Waals surface area contributed by atoms with Gasteiger partial charge in [0.25, 0.3) is 0 Å². The number of hydrogen-bond donors (Lipinski definition) is 1. The van der Waals surface area contributed by atoms with Gasteiger partial charge in [-0.2, -0.15) is 0 Å². The summed E-state index contributed by atoms with van der Waals surface area (Å²) in [6.07, 6.45) is 1.21. The molecular formula is C11H19N3O. The van der Waals surface area contributed by atoms with E-state index in [1.54, 1.807) is 0 Å². The first-order chi connectivity index (χ1) is 7.13. The van der Waals surface area contributed by atoms with Gasteiger partial charge in [0, 0.05) is 12.5 Å². The Balaban J connectivity index is 2.25. The highest BCUT2D eigenvalue weighted by Gasteiger charge is 2.38. The standard InChI is InChI=1S/C11H19N3O/c1-7(2)5-14-10(6-15)12-13-11(14)9-4-8(9)3/h7-9,15H,4-6H2,1-3H3. The second kappa shape index (κ2) is 3.93. The number of nitrogens with zero attached hydrogens (tertiary/aromatic N) is 3. The number of aromatic nitrogens is 3. The Labute approximate surface area is 90.3 Å². The smallest absolute Gasteiger partial charge is 0.158 e. The summed E-state index contributed by atoms with van der Waals surface area (Å²) in [5.74, 6) is 3.63. The summed E-state index contributed by atoms with van der Waals surface area (Å²) in [4.78, 5) is 0. The van der Waals surface area contributed by atoms with Gasteiger partial charge in [-0.3, -0.25) is 0 Å². The molecule has 4 heteroatoms. The van der Waals surface area contributed by atoms with Crippen LogP contribution in [0.4, 0.5) is 0 Å². The summed E-state index contributed by atoms with van der Waals surface area (Å²) >= 11 is 0. The maximum absolute atomic E-state index is 9.19. The van der Waals surface area contributed by atoms with Crippen LogP contribution in [-0.4, -0.2) is 19.9 Å². The van der Waals surface area contributed by atoms with Crippen molar-refractivity contribution < 1.29 is 5.11 Å². The Hall–Kier alpha value is -0.900. The van der Waals surface area contributed by atoms with Crippen LogP contribution in [0.2, 0.25) is 0 Å². The molecule has 84 valence electrons. The molecule has 15 heavy (non-hydrogen) atoms. The lowest BCUT2D eigenvalue weighted by molar-refractivity contribution is 0.261. The monoisotopic (exact) mass is 209 g/mol. The van der Waals surface area contributed by atoms with Crippen LogP contribution in [0.1, 0.15) is 44.8 Å². The molecule has 0 aliphatic heterocycles. The fraction of sp³-hybridized carbons (Fsp3) is 0.818. The third kappa shape index (κ3) is 2.04. The van der Waals surface area contributed by atoms with E-state index >= 15 is 0 Å². The van der Waals surface area contributed by atoms with Crippen LogP contribution in [0.15, 0.2) is 0 Å². The molecule has 2 rings (SSSR count). The second-order valence-electron chi connectivity index (χ2n) is 4.96. The van der Waals surface area contributed by atoms with Crippen LogP contribution in [0.3, 0.4) is 0 Å². The number of hydrogen-bond acceptors (Lipinski definition) is 3. The summed E-state index contributed by atoms with van der Waals surface area (Å²) in [5, 5.41) is 17.4. The van der Waals surface area contributed by atoms with E-state index in [0.29, 0.717) is 17.7 Å². The molecule has 0 amide bonds. The predicted octanol–water partition coefficient (Wildman–Crippen LogP) is 1.55. The minimum atomic E-state index is -0.0131. The lowest BCUT2D eigenvalue weighted by Gasteiger charge is -2.11. The van der Waals surface area contributed by atoms with Crippen molar-refractivity contribution in [1.82, 2.24) is 14.8 Å². The number of aliphatic hydroxyl groups is 1. The molecule has 0 saturated heterocycles. The minimum absolute atomic E-state index is 0.0131. The quantitative estimate of drug-likeness (QED) is 0.818. The average molecular weight is 209 g/mol. The molecule has 4 nitrogen and oxygen atoms in total. The molecule has 0 bridgehead atoms. The van der Waals surface area contributed by atoms with Crippen LogP contribution < -0.4 is 0 Å². The zero-order valence-corrected chi connectivity index (χ0v) is 9.64. The van der Waals surface area contributed by atoms with Crippen molar-refractivity contribution in [3.8, 4) is 0 Å². The molecule has 2 atom stereocenters. The van der Waals surface area contributed by atoms with Crippen LogP contribution in [0, 0.1) is 11.8 Å². The molecule has 1 aliphatic carbocycles. The van der Waals surface area contributed by atoms with Gasteiger partial charge >= 0.3 is 0 Å². The maximum atomic E-state index is 9.19. The lowest BCUT2D eigenvalue weighted by atomic mass is 10.2. The van der Waals surface area contributed by atoms with Gasteiger partial charge in [0.05, 0.1) is 0 Å². The molecule has 1 aromatic heterocycles. The fourth-order valence-electron chi connectivity index (χ4n) is 1.99. The van der Waals surface area contributed by atoms with Crippen molar-refractivity contribution in [2.45, 2.75) is 46.3 Å². The van der Waals surface area contributed by atoms with E-state index in [4.69, 9.17) is 0 Å². The van der Waals surface area contributed by atoms with Gasteiger partial charge in [-0.15, -0.1) is 10.2 Å². The van der Waals surface area contributed by atoms with Crippen LogP contribution in [-0.2, 0) is 13.2 Å². The van der Waals surface area contributed by atoms with Crippen LogP contribution in [0.25, 0.3) is 0 Å². The van der Waals surface area contributed by atoms with Crippen molar-refractivity contribution in [3.63, 3.8) is 0 Å². The van der Waals surface area contributed by atoms with Crippen molar-refractivity contribution in [3.05, 3.63) is 11.6 Å². The van der Waals surface area contributed by atoms with Gasteiger partial charge in [-0.25, -0.2) is 0 Å². The van der Waals surface area contributed by atoms with Gasteiger partial charge in [0.1, 0.15) is 12.4 Å². The molecule has 0 radical (unpaired) electrons. The molecular weight excluding hydrogens is 190 g/mol. The number of rotatable bonds is 4. The molecule has 1 N–H and O–H groups in total. The highest BCUT2D eigenvalue weighted by atomic mass is 16.3. The Morgan fingerprint density at radius 1 is 1.47 bits per heavy atom. The van der Waals surface area contributed by atoms with Crippen LogP contribution in [0.5, 0.6) is 0 Å². The molecule has 0 aromatic carbocycles. The van der Waals surface area contributed by atoms with Gasteiger partial charge < -0.3 is 9.67 Å². The maximum Gasteiger partial charge on any atom is 0.158 e. The SMILES string of the molecule is CC(C)Cn1c(CO)nnc1C1CC1C. The molecule has 1 fully saturated rings. The van der Waals surface area contributed by atoms with Crippen molar-refractivity contribution in [1.29, 1.82) is 0 Å². The van der Waals surface area contributed by atoms with E-state index in [1.807, 2.05) is 0 Å². The summed E-state index contributed by atoms with van der Waals surface area (Å²) < 4.78 is 2.10. The second-order valence-corrected chi connectivity index (χ2v) is 4.96. The van der Waals surface area contributed by atoms with Gasteiger partial charge in [0.15, 0.2) is 5.82 Å². The van der Waals surface area contributed by atoms with Gasteiger partial charge in [0.2, 0.25) is 0 Å². The summed E-state index contributed by atoms with van der Waals surface area (Å²) in [6, 6.07) is 0. The zero-order chi connectivity index (χ0) is 11.0. The Kier molecular flexibility index (Phi) is 2.78. The average Bonchev–Trinajstić information content (AvgIpc) is 2.76. The van der Waals surface area contributed by atoms with E-state index in [0.717, 1.165) is 18.3 Å². The van der Waals surface area contributed by atoms with Crippen molar-refractivity contribution in [2.24, 2.45) is 11.8 Å². The normalized spacial score (nSPS) is 24.9. The van der Waals surface area contributed by atoms with E-state index in [9.17, 15) is 5.11 Å². The first kappa shape index (κ1) is 10.6. The molecule has 1 aromatic rings. The van der Waals surface area contributed by atoms with E-state index < -0.39 is 0 Å². The molecule has 2 unspecified atom stereocenters.